The Morgan fingerprint density at radius 2 is 2.00 bits per heavy atom. The standard InChI is InChI=1S/C14H20N2O3/c1-10-5-3-4-6-12(10)9-15-14(19)16-11(2)7-8-13(17)18/h3-6,11H,7-9H2,1-2H3,(H,17,18)(H2,15,16,19). The summed E-state index contributed by atoms with van der Waals surface area (Å²) in [4.78, 5) is 22.0. The molecule has 0 bridgehead atoms. The first-order valence-corrected chi connectivity index (χ1v) is 6.29. The van der Waals surface area contributed by atoms with Crippen molar-refractivity contribution in [2.24, 2.45) is 0 Å². The van der Waals surface area contributed by atoms with Crippen LogP contribution in [0.3, 0.4) is 0 Å². The van der Waals surface area contributed by atoms with Gasteiger partial charge in [0.05, 0.1) is 0 Å². The second-order valence-electron chi connectivity index (χ2n) is 4.59. The summed E-state index contributed by atoms with van der Waals surface area (Å²) in [6.07, 6.45) is 0.479. The highest BCUT2D eigenvalue weighted by Gasteiger charge is 2.09. The number of hydrogen-bond acceptors (Lipinski definition) is 2. The lowest BCUT2D eigenvalue weighted by Gasteiger charge is -2.14. The molecule has 1 aromatic rings. The van der Waals surface area contributed by atoms with Gasteiger partial charge in [0.25, 0.3) is 0 Å². The first-order chi connectivity index (χ1) is 8.99. The van der Waals surface area contributed by atoms with Gasteiger partial charge in [-0.1, -0.05) is 24.3 Å². The number of hydrogen-bond donors (Lipinski definition) is 3. The van der Waals surface area contributed by atoms with Crippen molar-refractivity contribution in [1.82, 2.24) is 10.6 Å². The molecule has 1 rings (SSSR count). The van der Waals surface area contributed by atoms with E-state index in [-0.39, 0.29) is 18.5 Å². The first kappa shape index (κ1) is 15.0. The smallest absolute Gasteiger partial charge is 0.315 e. The fourth-order valence-electron chi connectivity index (χ4n) is 1.67. The van der Waals surface area contributed by atoms with E-state index in [0.717, 1.165) is 11.1 Å². The zero-order valence-corrected chi connectivity index (χ0v) is 11.3. The third-order valence-electron chi connectivity index (χ3n) is 2.87. The number of urea groups is 1. The minimum Gasteiger partial charge on any atom is -0.481 e. The lowest BCUT2D eigenvalue weighted by molar-refractivity contribution is -0.137. The Labute approximate surface area is 113 Å². The molecule has 0 radical (unpaired) electrons. The monoisotopic (exact) mass is 264 g/mol. The van der Waals surface area contributed by atoms with Crippen molar-refractivity contribution < 1.29 is 14.7 Å². The topological polar surface area (TPSA) is 78.4 Å². The average molecular weight is 264 g/mol. The van der Waals surface area contributed by atoms with Gasteiger partial charge >= 0.3 is 12.0 Å². The lowest BCUT2D eigenvalue weighted by atomic mass is 10.1. The largest absolute Gasteiger partial charge is 0.481 e. The molecule has 0 aliphatic carbocycles. The Morgan fingerprint density at radius 3 is 2.63 bits per heavy atom. The highest BCUT2D eigenvalue weighted by molar-refractivity contribution is 5.74. The Balaban J connectivity index is 2.32. The number of carboxylic acids is 1. The third kappa shape index (κ3) is 5.90. The van der Waals surface area contributed by atoms with Crippen molar-refractivity contribution in [3.05, 3.63) is 35.4 Å². The van der Waals surface area contributed by atoms with Crippen LogP contribution in [-0.4, -0.2) is 23.1 Å². The molecule has 5 nitrogen and oxygen atoms in total. The van der Waals surface area contributed by atoms with Crippen LogP contribution in [0.15, 0.2) is 24.3 Å². The van der Waals surface area contributed by atoms with Crippen molar-refractivity contribution >= 4 is 12.0 Å². The highest BCUT2D eigenvalue weighted by Crippen LogP contribution is 2.06. The van der Waals surface area contributed by atoms with Gasteiger partial charge in [0.2, 0.25) is 0 Å². The lowest BCUT2D eigenvalue weighted by Crippen LogP contribution is -2.40. The van der Waals surface area contributed by atoms with Crippen molar-refractivity contribution in [1.29, 1.82) is 0 Å². The summed E-state index contributed by atoms with van der Waals surface area (Å²) in [6.45, 7) is 4.24. The van der Waals surface area contributed by atoms with Gasteiger partial charge in [-0.05, 0) is 31.4 Å². The van der Waals surface area contributed by atoms with Crippen molar-refractivity contribution in [3.63, 3.8) is 0 Å². The number of aliphatic carboxylic acids is 1. The van der Waals surface area contributed by atoms with Gasteiger partial charge in [-0.25, -0.2) is 4.79 Å². The zero-order chi connectivity index (χ0) is 14.3. The van der Waals surface area contributed by atoms with Crippen LogP contribution >= 0.6 is 0 Å². The molecule has 0 saturated heterocycles. The summed E-state index contributed by atoms with van der Waals surface area (Å²) >= 11 is 0. The molecule has 0 saturated carbocycles. The molecule has 0 fully saturated rings. The van der Waals surface area contributed by atoms with Gasteiger partial charge < -0.3 is 15.7 Å². The second kappa shape index (κ2) is 7.41. The molecule has 104 valence electrons. The van der Waals surface area contributed by atoms with E-state index in [2.05, 4.69) is 10.6 Å². The number of rotatable bonds is 6. The van der Waals surface area contributed by atoms with Gasteiger partial charge in [-0.2, -0.15) is 0 Å². The van der Waals surface area contributed by atoms with Gasteiger partial charge in [0.1, 0.15) is 0 Å². The van der Waals surface area contributed by atoms with E-state index in [4.69, 9.17) is 5.11 Å². The molecule has 0 spiro atoms. The number of benzene rings is 1. The molecule has 2 amide bonds. The van der Waals surface area contributed by atoms with Crippen molar-refractivity contribution in [2.45, 2.75) is 39.3 Å². The maximum Gasteiger partial charge on any atom is 0.315 e. The molecule has 0 heterocycles. The normalized spacial score (nSPS) is 11.7. The molecule has 3 N–H and O–H groups in total. The summed E-state index contributed by atoms with van der Waals surface area (Å²) in [5.74, 6) is -0.853. The van der Waals surface area contributed by atoms with Crippen LogP contribution in [0.2, 0.25) is 0 Å². The van der Waals surface area contributed by atoms with Crippen LogP contribution in [0.4, 0.5) is 4.79 Å². The third-order valence-corrected chi connectivity index (χ3v) is 2.87. The zero-order valence-electron chi connectivity index (χ0n) is 11.3. The molecule has 5 heteroatoms. The Bertz CT molecular complexity index is 446. The Kier molecular flexibility index (Phi) is 5.85. The Hall–Kier alpha value is -2.04. The number of carbonyl (C=O) groups is 2. The van der Waals surface area contributed by atoms with E-state index in [1.54, 1.807) is 6.92 Å². The minimum absolute atomic E-state index is 0.0548. The fraction of sp³-hybridized carbons (Fsp3) is 0.429. The molecule has 0 aliphatic heterocycles. The van der Waals surface area contributed by atoms with Crippen molar-refractivity contribution in [2.75, 3.05) is 0 Å². The van der Waals surface area contributed by atoms with Gasteiger partial charge in [-0.15, -0.1) is 0 Å². The number of nitrogens with one attached hydrogen (secondary N) is 2. The quantitative estimate of drug-likeness (QED) is 0.735. The molecular formula is C14H20N2O3. The van der Waals surface area contributed by atoms with E-state index in [0.29, 0.717) is 13.0 Å². The molecule has 1 unspecified atom stereocenters. The van der Waals surface area contributed by atoms with E-state index in [1.807, 2.05) is 31.2 Å². The van der Waals surface area contributed by atoms with Gasteiger partial charge in [-0.3, -0.25) is 4.79 Å². The van der Waals surface area contributed by atoms with Crippen LogP contribution in [0.1, 0.15) is 30.9 Å². The number of carbonyl (C=O) groups excluding carboxylic acids is 1. The van der Waals surface area contributed by atoms with Gasteiger partial charge in [0, 0.05) is 19.0 Å². The molecule has 19 heavy (non-hydrogen) atoms. The average Bonchev–Trinajstić information content (AvgIpc) is 2.35. The maximum absolute atomic E-state index is 11.6. The summed E-state index contributed by atoms with van der Waals surface area (Å²) in [5.41, 5.74) is 2.19. The molecule has 1 aromatic carbocycles. The van der Waals surface area contributed by atoms with E-state index in [9.17, 15) is 9.59 Å². The summed E-state index contributed by atoms with van der Waals surface area (Å²) in [5, 5.41) is 14.0. The van der Waals surface area contributed by atoms with Crippen molar-refractivity contribution in [3.8, 4) is 0 Å². The maximum atomic E-state index is 11.6. The number of amides is 2. The number of carboxylic acid groups (broad SMARTS) is 1. The fourth-order valence-corrected chi connectivity index (χ4v) is 1.67. The number of aryl methyl sites for hydroxylation is 1. The molecule has 0 aliphatic rings. The van der Waals surface area contributed by atoms with Crippen LogP contribution in [-0.2, 0) is 11.3 Å². The van der Waals surface area contributed by atoms with E-state index in [1.165, 1.54) is 0 Å². The molecule has 1 atom stereocenters. The van der Waals surface area contributed by atoms with E-state index < -0.39 is 5.97 Å². The summed E-state index contributed by atoms with van der Waals surface area (Å²) in [7, 11) is 0. The molecule has 0 aromatic heterocycles. The van der Waals surface area contributed by atoms with E-state index >= 15 is 0 Å². The van der Waals surface area contributed by atoms with Gasteiger partial charge in [0.15, 0.2) is 0 Å². The minimum atomic E-state index is -0.853. The summed E-state index contributed by atoms with van der Waals surface area (Å²) < 4.78 is 0. The highest BCUT2D eigenvalue weighted by atomic mass is 16.4. The second-order valence-corrected chi connectivity index (χ2v) is 4.59. The van der Waals surface area contributed by atoms with Crippen LogP contribution < -0.4 is 10.6 Å². The summed E-state index contributed by atoms with van der Waals surface area (Å²) in [6, 6.07) is 7.40. The Morgan fingerprint density at radius 1 is 1.32 bits per heavy atom. The SMILES string of the molecule is Cc1ccccc1CNC(=O)NC(C)CCC(=O)O. The molecular weight excluding hydrogens is 244 g/mol. The van der Waals surface area contributed by atoms with Crippen LogP contribution in [0.5, 0.6) is 0 Å². The first-order valence-electron chi connectivity index (χ1n) is 6.29. The predicted molar refractivity (Wildman–Crippen MR) is 72.9 cm³/mol. The van der Waals surface area contributed by atoms with Crippen LogP contribution in [0, 0.1) is 6.92 Å². The van der Waals surface area contributed by atoms with Crippen LogP contribution in [0.25, 0.3) is 0 Å². The predicted octanol–water partition coefficient (Wildman–Crippen LogP) is 2.05.